The Balaban J connectivity index is 1.74. The first kappa shape index (κ1) is 20.4. The van der Waals surface area contributed by atoms with Crippen molar-refractivity contribution in [1.29, 1.82) is 0 Å². The first-order valence-electron chi connectivity index (χ1n) is 10.1. The monoisotopic (exact) mass is 410 g/mol. The van der Waals surface area contributed by atoms with Gasteiger partial charge < -0.3 is 26.0 Å². The van der Waals surface area contributed by atoms with Crippen molar-refractivity contribution in [3.05, 3.63) is 59.7 Å². The molecule has 7 heteroatoms. The third-order valence-corrected chi connectivity index (χ3v) is 6.17. The van der Waals surface area contributed by atoms with E-state index < -0.39 is 35.4 Å². The summed E-state index contributed by atoms with van der Waals surface area (Å²) in [6.07, 6.45) is 0.0739. The first-order valence-corrected chi connectivity index (χ1v) is 10.1. The van der Waals surface area contributed by atoms with Crippen molar-refractivity contribution in [3.63, 3.8) is 0 Å². The van der Waals surface area contributed by atoms with Crippen LogP contribution >= 0.6 is 0 Å². The Hall–Kier alpha value is -2.90. The van der Waals surface area contributed by atoms with Crippen molar-refractivity contribution in [2.24, 2.45) is 17.6 Å². The highest BCUT2D eigenvalue weighted by Crippen LogP contribution is 2.53. The molecule has 0 radical (unpaired) electrons. The summed E-state index contributed by atoms with van der Waals surface area (Å²) < 4.78 is 6.00. The number of aliphatic carboxylic acids is 2. The Bertz CT molecular complexity index is 946. The van der Waals surface area contributed by atoms with E-state index in [9.17, 15) is 19.8 Å². The average molecular weight is 410 g/mol. The lowest BCUT2D eigenvalue weighted by molar-refractivity contribution is -0.145. The Morgan fingerprint density at radius 2 is 1.60 bits per heavy atom. The predicted molar refractivity (Wildman–Crippen MR) is 111 cm³/mol. The summed E-state index contributed by atoms with van der Waals surface area (Å²) >= 11 is 0. The summed E-state index contributed by atoms with van der Waals surface area (Å²) in [5.74, 6) is -2.75. The summed E-state index contributed by atoms with van der Waals surface area (Å²) in [5.41, 5.74) is 6.54. The number of nitrogens with two attached hydrogens (primary N) is 1. The molecule has 1 aliphatic heterocycles. The Morgan fingerprint density at radius 3 is 2.07 bits per heavy atom. The van der Waals surface area contributed by atoms with Gasteiger partial charge in [-0.3, -0.25) is 9.59 Å². The van der Waals surface area contributed by atoms with Crippen LogP contribution in [-0.2, 0) is 9.59 Å². The van der Waals surface area contributed by atoms with Gasteiger partial charge in [0, 0.05) is 35.0 Å². The smallest absolute Gasteiger partial charge is 0.324 e. The fourth-order valence-electron chi connectivity index (χ4n) is 4.78. The maximum atomic E-state index is 12.4. The zero-order chi connectivity index (χ0) is 21.6. The van der Waals surface area contributed by atoms with Crippen LogP contribution in [0.15, 0.2) is 48.5 Å². The standard InChI is InChI=1S/C23H26N2O5/c1-12(2)25-20-18(21(26)27)19(20)23(24,22(28)29)11-15-13-7-3-5-9-16(13)30-17-10-6-4-8-14(15)17/h3-10,12,15,18-20,25H,11,24H2,1-2H3,(H,26,27)(H,28,29)/t18-,19?,20-,23-/m1/s1. The van der Waals surface area contributed by atoms with Gasteiger partial charge in [-0.2, -0.15) is 0 Å². The quantitative estimate of drug-likeness (QED) is 0.554. The van der Waals surface area contributed by atoms with Crippen LogP contribution < -0.4 is 15.8 Å². The molecule has 4 rings (SSSR count). The van der Waals surface area contributed by atoms with Gasteiger partial charge in [0.15, 0.2) is 0 Å². The number of rotatable bonds is 7. The number of hydrogen-bond donors (Lipinski definition) is 4. The number of carbonyl (C=O) groups is 2. The minimum Gasteiger partial charge on any atom is -0.481 e. The van der Waals surface area contributed by atoms with Gasteiger partial charge in [-0.05, 0) is 18.6 Å². The van der Waals surface area contributed by atoms with E-state index in [1.54, 1.807) is 0 Å². The highest BCUT2D eigenvalue weighted by molar-refractivity contribution is 5.85. The van der Waals surface area contributed by atoms with Crippen LogP contribution in [0, 0.1) is 11.8 Å². The van der Waals surface area contributed by atoms with Gasteiger partial charge >= 0.3 is 11.9 Å². The van der Waals surface area contributed by atoms with Crippen LogP contribution in [0.4, 0.5) is 0 Å². The molecule has 1 heterocycles. The molecule has 0 amide bonds. The van der Waals surface area contributed by atoms with Crippen LogP contribution in [0.2, 0.25) is 0 Å². The van der Waals surface area contributed by atoms with E-state index in [-0.39, 0.29) is 18.4 Å². The van der Waals surface area contributed by atoms with E-state index in [0.717, 1.165) is 11.1 Å². The molecule has 2 aromatic rings. The van der Waals surface area contributed by atoms with Gasteiger partial charge in [0.05, 0.1) is 5.92 Å². The lowest BCUT2D eigenvalue weighted by Crippen LogP contribution is -2.53. The molecule has 2 aliphatic rings. The second kappa shape index (κ2) is 7.41. The maximum Gasteiger partial charge on any atom is 0.324 e. The van der Waals surface area contributed by atoms with E-state index in [2.05, 4.69) is 5.32 Å². The molecule has 0 spiro atoms. The minimum absolute atomic E-state index is 0.0180. The van der Waals surface area contributed by atoms with E-state index in [0.29, 0.717) is 11.5 Å². The second-order valence-corrected chi connectivity index (χ2v) is 8.52. The largest absolute Gasteiger partial charge is 0.481 e. The molecule has 5 N–H and O–H groups in total. The molecule has 1 unspecified atom stereocenters. The molecule has 1 fully saturated rings. The molecule has 158 valence electrons. The minimum atomic E-state index is -1.71. The molecular weight excluding hydrogens is 384 g/mol. The molecule has 0 saturated heterocycles. The van der Waals surface area contributed by atoms with Crippen molar-refractivity contribution in [2.45, 2.75) is 43.8 Å². The fraction of sp³-hybridized carbons (Fsp3) is 0.391. The lowest BCUT2D eigenvalue weighted by atomic mass is 9.76. The molecule has 0 aromatic heterocycles. The van der Waals surface area contributed by atoms with Gasteiger partial charge in [-0.1, -0.05) is 50.2 Å². The Morgan fingerprint density at radius 1 is 1.07 bits per heavy atom. The highest BCUT2D eigenvalue weighted by atomic mass is 16.5. The zero-order valence-electron chi connectivity index (χ0n) is 16.9. The van der Waals surface area contributed by atoms with Gasteiger partial charge in [0.25, 0.3) is 0 Å². The van der Waals surface area contributed by atoms with Gasteiger partial charge in [0.2, 0.25) is 0 Å². The molecule has 7 nitrogen and oxygen atoms in total. The number of ether oxygens (including phenoxy) is 1. The average Bonchev–Trinajstić information content (AvgIpc) is 3.41. The van der Waals surface area contributed by atoms with Crippen LogP contribution in [0.25, 0.3) is 0 Å². The van der Waals surface area contributed by atoms with Crippen molar-refractivity contribution >= 4 is 11.9 Å². The van der Waals surface area contributed by atoms with Crippen molar-refractivity contribution in [2.75, 3.05) is 0 Å². The van der Waals surface area contributed by atoms with Gasteiger partial charge in [-0.15, -0.1) is 0 Å². The fourth-order valence-corrected chi connectivity index (χ4v) is 4.78. The van der Waals surface area contributed by atoms with Crippen LogP contribution in [0.1, 0.15) is 37.3 Å². The third-order valence-electron chi connectivity index (χ3n) is 6.17. The molecule has 2 aromatic carbocycles. The number of hydrogen-bond acceptors (Lipinski definition) is 5. The van der Waals surface area contributed by atoms with Gasteiger partial charge in [-0.25, -0.2) is 0 Å². The van der Waals surface area contributed by atoms with E-state index in [1.807, 2.05) is 62.4 Å². The summed E-state index contributed by atoms with van der Waals surface area (Å²) in [4.78, 5) is 24.2. The summed E-state index contributed by atoms with van der Waals surface area (Å²) in [7, 11) is 0. The number of para-hydroxylation sites is 2. The predicted octanol–water partition coefficient (Wildman–Crippen LogP) is 2.79. The lowest BCUT2D eigenvalue weighted by Gasteiger charge is -2.34. The van der Waals surface area contributed by atoms with Crippen LogP contribution in [-0.4, -0.2) is 39.8 Å². The van der Waals surface area contributed by atoms with Crippen molar-refractivity contribution in [1.82, 2.24) is 5.32 Å². The van der Waals surface area contributed by atoms with Crippen LogP contribution in [0.3, 0.4) is 0 Å². The summed E-state index contributed by atoms with van der Waals surface area (Å²) in [6.45, 7) is 3.80. The highest BCUT2D eigenvalue weighted by Gasteiger charge is 2.66. The van der Waals surface area contributed by atoms with Crippen molar-refractivity contribution < 1.29 is 24.5 Å². The normalized spacial score (nSPS) is 24.3. The zero-order valence-corrected chi connectivity index (χ0v) is 16.9. The Kier molecular flexibility index (Phi) is 5.03. The second-order valence-electron chi connectivity index (χ2n) is 8.52. The first-order chi connectivity index (χ1) is 14.2. The molecule has 0 bridgehead atoms. The van der Waals surface area contributed by atoms with Gasteiger partial charge in [0.1, 0.15) is 17.0 Å². The van der Waals surface area contributed by atoms with E-state index in [4.69, 9.17) is 10.5 Å². The summed E-state index contributed by atoms with van der Waals surface area (Å²) in [5, 5.41) is 23.0. The number of fused-ring (bicyclic) bond motifs is 2. The molecule has 1 aliphatic carbocycles. The molecule has 4 atom stereocenters. The SMILES string of the molecule is CC(C)N[C@H]1C([C@](N)(CC2c3ccccc3Oc3ccccc32)C(=O)O)[C@H]1C(=O)O. The number of carboxylic acids is 2. The van der Waals surface area contributed by atoms with Crippen molar-refractivity contribution in [3.8, 4) is 11.5 Å². The molecule has 1 saturated carbocycles. The van der Waals surface area contributed by atoms with E-state index >= 15 is 0 Å². The van der Waals surface area contributed by atoms with E-state index in [1.165, 1.54) is 0 Å². The third kappa shape index (κ3) is 3.34. The Labute approximate surface area is 174 Å². The summed E-state index contributed by atoms with van der Waals surface area (Å²) in [6, 6.07) is 14.5. The number of nitrogens with one attached hydrogen (secondary N) is 1. The molecular formula is C23H26N2O5. The van der Waals surface area contributed by atoms with Crippen LogP contribution in [0.5, 0.6) is 11.5 Å². The number of benzene rings is 2. The number of carboxylic acid groups (broad SMARTS) is 2. The topological polar surface area (TPSA) is 122 Å². The maximum absolute atomic E-state index is 12.4. The molecule has 30 heavy (non-hydrogen) atoms.